The Bertz CT molecular complexity index is 260. The van der Waals surface area contributed by atoms with Crippen LogP contribution in [0.2, 0.25) is 0 Å². The van der Waals surface area contributed by atoms with Crippen LogP contribution in [0.3, 0.4) is 0 Å². The Hall–Kier alpha value is -0.0116. The molecule has 2 rings (SSSR count). The van der Waals surface area contributed by atoms with Gasteiger partial charge in [0, 0.05) is 0 Å². The average molecular weight is 261 g/mol. The molecule has 1 aromatic carbocycles. The molecule has 0 saturated carbocycles. The van der Waals surface area contributed by atoms with Gasteiger partial charge in [0.1, 0.15) is 0 Å². The summed E-state index contributed by atoms with van der Waals surface area (Å²) < 4.78 is 10.7. The molecule has 2 nitrogen and oxygen atoms in total. The molecule has 70 valence electrons. The van der Waals surface area contributed by atoms with E-state index in [4.69, 9.17) is 17.4 Å². The molecule has 1 aliphatic heterocycles. The molecule has 1 aliphatic rings. The molecule has 1 aromatic rings. The van der Waals surface area contributed by atoms with E-state index in [1.54, 1.807) is 0 Å². The van der Waals surface area contributed by atoms with E-state index in [2.05, 4.69) is 12.1 Å². The average Bonchev–Trinajstić information content (AvgIpc) is 2.20. The molecular weight excluding hydrogens is 250 g/mol. The van der Waals surface area contributed by atoms with Crippen molar-refractivity contribution in [1.29, 1.82) is 0 Å². The zero-order valence-corrected chi connectivity index (χ0v) is 9.65. The Morgan fingerprint density at radius 1 is 1.15 bits per heavy atom. The summed E-state index contributed by atoms with van der Waals surface area (Å²) in [5.41, 5.74) is 1.27. The Labute approximate surface area is 86.9 Å². The summed E-state index contributed by atoms with van der Waals surface area (Å²) in [6.07, 6.45) is 0. The number of rotatable bonds is 1. The van der Waals surface area contributed by atoms with E-state index in [1.807, 2.05) is 18.2 Å². The number of hydrogen-bond donors (Lipinski definition) is 0. The third-order valence-electron chi connectivity index (χ3n) is 2.03. The summed E-state index contributed by atoms with van der Waals surface area (Å²) in [5.74, 6) is 0.352. The van der Waals surface area contributed by atoms with E-state index in [9.17, 15) is 0 Å². The van der Waals surface area contributed by atoms with Gasteiger partial charge in [0.2, 0.25) is 0 Å². The Kier molecular flexibility index (Phi) is 3.28. The van der Waals surface area contributed by atoms with Gasteiger partial charge in [-0.05, 0) is 0 Å². The maximum absolute atomic E-state index is 5.77. The predicted octanol–water partition coefficient (Wildman–Crippen LogP) is 2.04. The van der Waals surface area contributed by atoms with Gasteiger partial charge in [0.25, 0.3) is 0 Å². The second-order valence-electron chi connectivity index (χ2n) is 2.91. The van der Waals surface area contributed by atoms with Crippen molar-refractivity contribution >= 4 is 24.3 Å². The normalized spacial score (nSPS) is 28.7. The molecule has 0 atom stereocenters. The van der Waals surface area contributed by atoms with Gasteiger partial charge in [-0.2, -0.15) is 0 Å². The van der Waals surface area contributed by atoms with E-state index >= 15 is 0 Å². The van der Waals surface area contributed by atoms with Gasteiger partial charge in [0.15, 0.2) is 0 Å². The summed E-state index contributed by atoms with van der Waals surface area (Å²) in [6, 6.07) is 10.2. The zero-order chi connectivity index (χ0) is 9.10. The molecule has 0 aromatic heterocycles. The molecule has 13 heavy (non-hydrogen) atoms. The molecule has 1 heterocycles. The van der Waals surface area contributed by atoms with E-state index in [1.165, 1.54) is 5.56 Å². The van der Waals surface area contributed by atoms with Crippen molar-refractivity contribution in [3.8, 4) is 0 Å². The quantitative estimate of drug-likeness (QED) is 0.720. The summed E-state index contributed by atoms with van der Waals surface area (Å²) in [4.78, 5) is 0. The van der Waals surface area contributed by atoms with E-state index < -0.39 is 14.4 Å². The minimum atomic E-state index is -1.85. The third-order valence-corrected chi connectivity index (χ3v) is 4.52. The van der Waals surface area contributed by atoms with Crippen molar-refractivity contribution in [3.05, 3.63) is 35.9 Å². The van der Waals surface area contributed by atoms with Crippen LogP contribution in [0.15, 0.2) is 30.3 Å². The molecule has 1 fully saturated rings. The first-order chi connectivity index (χ1) is 6.36. The first-order valence-corrected chi connectivity index (χ1v) is 8.13. The summed E-state index contributed by atoms with van der Waals surface area (Å²) in [5, 5.41) is 0. The molecule has 0 spiro atoms. The van der Waals surface area contributed by atoms with Gasteiger partial charge >= 0.3 is 86.8 Å². The van der Waals surface area contributed by atoms with Crippen molar-refractivity contribution in [1.82, 2.24) is 0 Å². The van der Waals surface area contributed by atoms with Crippen LogP contribution in [-0.2, 0) is 7.45 Å². The first kappa shape index (κ1) is 9.54. The Morgan fingerprint density at radius 2 is 1.77 bits per heavy atom. The zero-order valence-electron chi connectivity index (χ0n) is 7.02. The van der Waals surface area contributed by atoms with Crippen molar-refractivity contribution in [2.75, 3.05) is 13.2 Å². The summed E-state index contributed by atoms with van der Waals surface area (Å²) in [6.45, 7) is 1.40. The van der Waals surface area contributed by atoms with E-state index in [-0.39, 0.29) is 0 Å². The molecule has 0 N–H and O–H groups in total. The van der Waals surface area contributed by atoms with Gasteiger partial charge in [0.05, 0.1) is 0 Å². The van der Waals surface area contributed by atoms with Crippen molar-refractivity contribution < 1.29 is 7.45 Å². The number of halogens is 1. The minimum absolute atomic E-state index is 0.352. The molecule has 0 amide bonds. The first-order valence-electron chi connectivity index (χ1n) is 4.13. The van der Waals surface area contributed by atoms with Crippen LogP contribution >= 0.6 is 9.95 Å². The topological polar surface area (TPSA) is 18.5 Å². The Morgan fingerprint density at radius 3 is 2.38 bits per heavy atom. The molecule has 0 aliphatic carbocycles. The SMILES string of the molecule is Cl[As]1OCC(c2ccccc2)CO1. The van der Waals surface area contributed by atoms with Gasteiger partial charge in [-0.15, -0.1) is 0 Å². The van der Waals surface area contributed by atoms with Gasteiger partial charge in [-0.1, -0.05) is 0 Å². The summed E-state index contributed by atoms with van der Waals surface area (Å²) >= 11 is -1.85. The second-order valence-corrected chi connectivity index (χ2v) is 6.32. The summed E-state index contributed by atoms with van der Waals surface area (Å²) in [7, 11) is 5.77. The van der Waals surface area contributed by atoms with Crippen LogP contribution < -0.4 is 0 Å². The molecule has 4 heteroatoms. The molecular formula is C9H10AsClO2. The fourth-order valence-corrected chi connectivity index (χ4v) is 3.29. The van der Waals surface area contributed by atoms with Crippen LogP contribution in [0, 0.1) is 0 Å². The van der Waals surface area contributed by atoms with Gasteiger partial charge < -0.3 is 0 Å². The molecule has 0 bridgehead atoms. The second kappa shape index (κ2) is 4.47. The number of benzene rings is 1. The van der Waals surface area contributed by atoms with E-state index in [0.29, 0.717) is 19.1 Å². The fraction of sp³-hybridized carbons (Fsp3) is 0.333. The van der Waals surface area contributed by atoms with Crippen molar-refractivity contribution in [2.24, 2.45) is 0 Å². The van der Waals surface area contributed by atoms with E-state index in [0.717, 1.165) is 0 Å². The van der Waals surface area contributed by atoms with Crippen molar-refractivity contribution in [2.45, 2.75) is 5.92 Å². The van der Waals surface area contributed by atoms with Crippen LogP contribution in [0.1, 0.15) is 11.5 Å². The third kappa shape index (κ3) is 2.47. The van der Waals surface area contributed by atoms with Crippen molar-refractivity contribution in [3.63, 3.8) is 0 Å². The molecule has 1 saturated heterocycles. The molecule has 0 unspecified atom stereocenters. The van der Waals surface area contributed by atoms with Crippen LogP contribution in [0.4, 0.5) is 0 Å². The Balaban J connectivity index is 2.03. The predicted molar refractivity (Wildman–Crippen MR) is 52.7 cm³/mol. The van der Waals surface area contributed by atoms with Crippen LogP contribution in [-0.4, -0.2) is 27.6 Å². The maximum atomic E-state index is 5.77. The standard InChI is InChI=1S/C9H10AsClO2/c11-10-12-6-9(7-13-10)8-4-2-1-3-5-8/h1-5,9H,6-7H2. The van der Waals surface area contributed by atoms with Crippen LogP contribution in [0.25, 0.3) is 0 Å². The number of hydrogen-bond acceptors (Lipinski definition) is 2. The monoisotopic (exact) mass is 260 g/mol. The van der Waals surface area contributed by atoms with Gasteiger partial charge in [-0.25, -0.2) is 0 Å². The van der Waals surface area contributed by atoms with Gasteiger partial charge in [-0.3, -0.25) is 0 Å². The molecule has 0 radical (unpaired) electrons. The fourth-order valence-electron chi connectivity index (χ4n) is 1.30. The van der Waals surface area contributed by atoms with Crippen LogP contribution in [0.5, 0.6) is 0 Å².